The summed E-state index contributed by atoms with van der Waals surface area (Å²) in [5.41, 5.74) is 2.13. The third-order valence-corrected chi connectivity index (χ3v) is 4.55. The van der Waals surface area contributed by atoms with Crippen LogP contribution in [-0.4, -0.2) is 31.1 Å². The lowest BCUT2D eigenvalue weighted by Gasteiger charge is -2.12. The van der Waals surface area contributed by atoms with Crippen LogP contribution in [0.4, 0.5) is 0 Å². The molecule has 0 aliphatic rings. The number of methoxy groups -OCH3 is 1. The van der Waals surface area contributed by atoms with Crippen LogP contribution in [0.15, 0.2) is 56.5 Å². The zero-order valence-corrected chi connectivity index (χ0v) is 17.2. The quantitative estimate of drug-likeness (QED) is 0.426. The lowest BCUT2D eigenvalue weighted by atomic mass is 10.1. The summed E-state index contributed by atoms with van der Waals surface area (Å²) in [6, 6.07) is 11.9. The third kappa shape index (κ3) is 6.41. The highest BCUT2D eigenvalue weighted by molar-refractivity contribution is 5.79. The van der Waals surface area contributed by atoms with E-state index in [2.05, 4.69) is 32.7 Å². The van der Waals surface area contributed by atoms with E-state index < -0.39 is 0 Å². The Morgan fingerprint density at radius 3 is 2.45 bits per heavy atom. The Balaban J connectivity index is 1.55. The van der Waals surface area contributed by atoms with Gasteiger partial charge in [0.15, 0.2) is 5.96 Å². The summed E-state index contributed by atoms with van der Waals surface area (Å²) in [5.74, 6) is 3.96. The smallest absolute Gasteiger partial charge is 0.216 e. The Morgan fingerprint density at radius 1 is 1.07 bits per heavy atom. The van der Waals surface area contributed by atoms with E-state index in [-0.39, 0.29) is 0 Å². The van der Waals surface area contributed by atoms with Gasteiger partial charge in [0.2, 0.25) is 5.89 Å². The molecule has 0 spiro atoms. The number of aliphatic imine (C=N–C) groups is 1. The van der Waals surface area contributed by atoms with Crippen LogP contribution in [0, 0.1) is 13.8 Å². The maximum Gasteiger partial charge on any atom is 0.216 e. The molecular formula is C22H28N4O3. The van der Waals surface area contributed by atoms with Crippen LogP contribution in [0.2, 0.25) is 0 Å². The average Bonchev–Trinajstić information content (AvgIpc) is 3.36. The number of nitrogens with zero attached hydrogens (tertiary/aromatic N) is 2. The van der Waals surface area contributed by atoms with Crippen molar-refractivity contribution in [1.82, 2.24) is 15.6 Å². The molecule has 154 valence electrons. The number of ether oxygens (including phenoxy) is 1. The largest absolute Gasteiger partial charge is 0.497 e. The molecule has 0 saturated heterocycles. The van der Waals surface area contributed by atoms with Gasteiger partial charge in [-0.1, -0.05) is 12.1 Å². The van der Waals surface area contributed by atoms with Crippen LogP contribution < -0.4 is 15.4 Å². The molecule has 3 rings (SSSR count). The Morgan fingerprint density at radius 2 is 1.83 bits per heavy atom. The number of nitrogens with one attached hydrogen (secondary N) is 2. The standard InChI is InChI=1S/C22H28N4O3/c1-16-17(2)29-21(26-16)15-25-22(24-13-11-20-5-4-14-28-20)23-12-10-18-6-8-19(27-3)9-7-18/h4-9,14H,10-13,15H2,1-3H3,(H2,23,24,25). The van der Waals surface area contributed by atoms with Gasteiger partial charge in [-0.05, 0) is 50.1 Å². The van der Waals surface area contributed by atoms with Crippen LogP contribution in [0.25, 0.3) is 0 Å². The Kier molecular flexibility index (Phi) is 7.33. The van der Waals surface area contributed by atoms with E-state index in [9.17, 15) is 0 Å². The summed E-state index contributed by atoms with van der Waals surface area (Å²) < 4.78 is 16.2. The molecule has 2 heterocycles. The Bertz CT molecular complexity index is 879. The van der Waals surface area contributed by atoms with Gasteiger partial charge < -0.3 is 24.2 Å². The molecule has 1 aromatic carbocycles. The molecule has 3 aromatic rings. The van der Waals surface area contributed by atoms with E-state index in [0.717, 1.165) is 48.3 Å². The summed E-state index contributed by atoms with van der Waals surface area (Å²) in [5, 5.41) is 6.72. The van der Waals surface area contributed by atoms with Crippen molar-refractivity contribution >= 4 is 5.96 Å². The lowest BCUT2D eigenvalue weighted by Crippen LogP contribution is -2.39. The topological polar surface area (TPSA) is 84.8 Å². The van der Waals surface area contributed by atoms with Crippen molar-refractivity contribution in [3.8, 4) is 5.75 Å². The summed E-state index contributed by atoms with van der Waals surface area (Å²) in [4.78, 5) is 9.00. The first-order valence-corrected chi connectivity index (χ1v) is 9.74. The lowest BCUT2D eigenvalue weighted by molar-refractivity contribution is 0.414. The number of benzene rings is 1. The normalized spacial score (nSPS) is 11.5. The molecule has 2 aromatic heterocycles. The summed E-state index contributed by atoms with van der Waals surface area (Å²) in [6.07, 6.45) is 3.34. The second-order valence-electron chi connectivity index (χ2n) is 6.70. The molecule has 29 heavy (non-hydrogen) atoms. The van der Waals surface area contributed by atoms with Crippen molar-refractivity contribution in [2.24, 2.45) is 4.99 Å². The van der Waals surface area contributed by atoms with E-state index in [1.54, 1.807) is 13.4 Å². The summed E-state index contributed by atoms with van der Waals surface area (Å²) in [6.45, 7) is 5.69. The van der Waals surface area contributed by atoms with Crippen LogP contribution in [0.5, 0.6) is 5.75 Å². The second-order valence-corrected chi connectivity index (χ2v) is 6.70. The predicted octanol–water partition coefficient (Wildman–Crippen LogP) is 3.41. The number of aryl methyl sites for hydroxylation is 2. The van der Waals surface area contributed by atoms with Crippen molar-refractivity contribution < 1.29 is 13.6 Å². The zero-order chi connectivity index (χ0) is 20.5. The second kappa shape index (κ2) is 10.4. The molecule has 0 radical (unpaired) electrons. The van der Waals surface area contributed by atoms with Gasteiger partial charge >= 0.3 is 0 Å². The van der Waals surface area contributed by atoms with Crippen molar-refractivity contribution in [3.63, 3.8) is 0 Å². The molecule has 0 atom stereocenters. The molecule has 0 aliphatic heterocycles. The Hall–Kier alpha value is -3.22. The first-order valence-electron chi connectivity index (χ1n) is 9.74. The van der Waals surface area contributed by atoms with Gasteiger partial charge in [-0.25, -0.2) is 9.98 Å². The maximum atomic E-state index is 5.62. The average molecular weight is 396 g/mol. The fourth-order valence-electron chi connectivity index (χ4n) is 2.80. The monoisotopic (exact) mass is 396 g/mol. The molecule has 7 heteroatoms. The van der Waals surface area contributed by atoms with Crippen molar-refractivity contribution in [2.45, 2.75) is 33.2 Å². The molecule has 0 aliphatic carbocycles. The predicted molar refractivity (Wildman–Crippen MR) is 112 cm³/mol. The fraction of sp³-hybridized carbons (Fsp3) is 0.364. The van der Waals surface area contributed by atoms with Gasteiger partial charge in [-0.15, -0.1) is 0 Å². The number of rotatable bonds is 9. The van der Waals surface area contributed by atoms with Crippen molar-refractivity contribution in [2.75, 3.05) is 20.2 Å². The highest BCUT2D eigenvalue weighted by Crippen LogP contribution is 2.11. The highest BCUT2D eigenvalue weighted by atomic mass is 16.5. The number of hydrogen-bond donors (Lipinski definition) is 2. The number of furan rings is 1. The molecule has 0 amide bonds. The molecule has 0 fully saturated rings. The van der Waals surface area contributed by atoms with Gasteiger partial charge in [0.1, 0.15) is 23.8 Å². The zero-order valence-electron chi connectivity index (χ0n) is 17.2. The first-order chi connectivity index (χ1) is 14.1. The van der Waals surface area contributed by atoms with E-state index in [1.165, 1.54) is 5.56 Å². The number of guanidine groups is 1. The molecule has 0 bridgehead atoms. The van der Waals surface area contributed by atoms with Gasteiger partial charge in [0, 0.05) is 19.5 Å². The van der Waals surface area contributed by atoms with Crippen LogP contribution in [-0.2, 0) is 19.4 Å². The minimum Gasteiger partial charge on any atom is -0.497 e. The van der Waals surface area contributed by atoms with E-state index >= 15 is 0 Å². The minimum atomic E-state index is 0.382. The third-order valence-electron chi connectivity index (χ3n) is 4.55. The van der Waals surface area contributed by atoms with Crippen LogP contribution >= 0.6 is 0 Å². The molecule has 0 unspecified atom stereocenters. The Labute approximate surface area is 171 Å². The SMILES string of the molecule is COc1ccc(CCNC(=NCc2nc(C)c(C)o2)NCCc2ccco2)cc1. The molecular weight excluding hydrogens is 368 g/mol. The summed E-state index contributed by atoms with van der Waals surface area (Å²) >= 11 is 0. The van der Waals surface area contributed by atoms with Gasteiger partial charge in [0.05, 0.1) is 19.1 Å². The van der Waals surface area contributed by atoms with Crippen molar-refractivity contribution in [1.29, 1.82) is 0 Å². The van der Waals surface area contributed by atoms with Crippen LogP contribution in [0.3, 0.4) is 0 Å². The summed E-state index contributed by atoms with van der Waals surface area (Å²) in [7, 11) is 1.67. The molecule has 7 nitrogen and oxygen atoms in total. The fourth-order valence-corrected chi connectivity index (χ4v) is 2.80. The molecule has 2 N–H and O–H groups in total. The number of hydrogen-bond acceptors (Lipinski definition) is 5. The minimum absolute atomic E-state index is 0.382. The van der Waals surface area contributed by atoms with Gasteiger partial charge in [0.25, 0.3) is 0 Å². The molecule has 0 saturated carbocycles. The number of aromatic nitrogens is 1. The van der Waals surface area contributed by atoms with E-state index in [0.29, 0.717) is 19.0 Å². The van der Waals surface area contributed by atoms with E-state index in [1.807, 2.05) is 38.1 Å². The number of oxazole rings is 1. The van der Waals surface area contributed by atoms with Gasteiger partial charge in [-0.2, -0.15) is 0 Å². The van der Waals surface area contributed by atoms with Crippen LogP contribution in [0.1, 0.15) is 28.7 Å². The van der Waals surface area contributed by atoms with E-state index in [4.69, 9.17) is 13.6 Å². The van der Waals surface area contributed by atoms with Gasteiger partial charge in [-0.3, -0.25) is 0 Å². The first kappa shape index (κ1) is 20.5. The van der Waals surface area contributed by atoms with Crippen molar-refractivity contribution in [3.05, 3.63) is 71.3 Å². The highest BCUT2D eigenvalue weighted by Gasteiger charge is 2.06. The maximum absolute atomic E-state index is 5.62.